The van der Waals surface area contributed by atoms with Gasteiger partial charge in [0, 0.05) is 12.6 Å². The predicted molar refractivity (Wildman–Crippen MR) is 109 cm³/mol. The first-order valence-corrected chi connectivity index (χ1v) is 10.5. The van der Waals surface area contributed by atoms with Gasteiger partial charge in [-0.15, -0.1) is 0 Å². The van der Waals surface area contributed by atoms with Gasteiger partial charge in [0.2, 0.25) is 0 Å². The van der Waals surface area contributed by atoms with Crippen molar-refractivity contribution in [2.45, 2.75) is 103 Å². The van der Waals surface area contributed by atoms with Crippen molar-refractivity contribution in [3.63, 3.8) is 0 Å². The number of nitrogens with one attached hydrogen (secondary N) is 2. The van der Waals surface area contributed by atoms with E-state index in [9.17, 15) is 9.59 Å². The summed E-state index contributed by atoms with van der Waals surface area (Å²) in [7, 11) is 0. The molecule has 4 nitrogen and oxygen atoms in total. The van der Waals surface area contributed by atoms with Gasteiger partial charge in [-0.2, -0.15) is 0 Å². The largest absolute Gasteiger partial charge is 0.325 e. The minimum atomic E-state index is -0.493. The summed E-state index contributed by atoms with van der Waals surface area (Å²) in [4.78, 5) is 27.0. The maximum Gasteiger partial charge on any atom is 0.325 e. The van der Waals surface area contributed by atoms with Crippen molar-refractivity contribution in [3.8, 4) is 11.8 Å². The lowest BCUT2D eigenvalue weighted by atomic mass is 10.0. The Kier molecular flexibility index (Phi) is 13.3. The molecule has 0 atom stereocenters. The quantitative estimate of drug-likeness (QED) is 0.350. The van der Waals surface area contributed by atoms with Crippen LogP contribution in [0.2, 0.25) is 0 Å². The van der Waals surface area contributed by atoms with Crippen molar-refractivity contribution in [1.29, 1.82) is 0 Å². The van der Waals surface area contributed by atoms with Crippen LogP contribution in [0.25, 0.3) is 0 Å². The van der Waals surface area contributed by atoms with E-state index in [0.717, 1.165) is 12.8 Å². The van der Waals surface area contributed by atoms with Gasteiger partial charge in [-0.05, 0) is 6.42 Å². The highest BCUT2D eigenvalue weighted by Crippen LogP contribution is 2.13. The minimum Gasteiger partial charge on any atom is -0.313 e. The average Bonchev–Trinajstić information content (AvgIpc) is 2.63. The Morgan fingerprint density at radius 2 is 1.27 bits per heavy atom. The zero-order chi connectivity index (χ0) is 18.9. The van der Waals surface area contributed by atoms with E-state index in [4.69, 9.17) is 0 Å². The SMILES string of the molecule is CCCCCCCCCCCCCCCCC#Cc1c[nH]c(=O)[nH]c1=O. The number of aromatic amines is 2. The van der Waals surface area contributed by atoms with Crippen LogP contribution in [0.4, 0.5) is 0 Å². The van der Waals surface area contributed by atoms with Crippen LogP contribution < -0.4 is 11.2 Å². The fourth-order valence-electron chi connectivity index (χ4n) is 3.07. The molecule has 0 fully saturated rings. The molecule has 1 aromatic rings. The summed E-state index contributed by atoms with van der Waals surface area (Å²) in [6.45, 7) is 2.27. The highest BCUT2D eigenvalue weighted by Gasteiger charge is 1.95. The third-order valence-electron chi connectivity index (χ3n) is 4.70. The Balaban J connectivity index is 1.89. The molecule has 0 aliphatic heterocycles. The lowest BCUT2D eigenvalue weighted by Crippen LogP contribution is -2.23. The molecule has 0 saturated heterocycles. The highest BCUT2D eigenvalue weighted by atomic mass is 16.2. The van der Waals surface area contributed by atoms with Gasteiger partial charge in [-0.3, -0.25) is 9.78 Å². The van der Waals surface area contributed by atoms with Crippen LogP contribution in [0.3, 0.4) is 0 Å². The molecule has 2 N–H and O–H groups in total. The van der Waals surface area contributed by atoms with Gasteiger partial charge in [-0.1, -0.05) is 102 Å². The normalized spacial score (nSPS) is 10.5. The molecule has 0 spiro atoms. The highest BCUT2D eigenvalue weighted by molar-refractivity contribution is 5.28. The molecule has 26 heavy (non-hydrogen) atoms. The van der Waals surface area contributed by atoms with Crippen LogP contribution in [0.1, 0.15) is 109 Å². The van der Waals surface area contributed by atoms with E-state index in [0.29, 0.717) is 5.56 Å². The first kappa shape index (κ1) is 22.3. The number of hydrogen-bond donors (Lipinski definition) is 2. The summed E-state index contributed by atoms with van der Waals surface area (Å²) >= 11 is 0. The lowest BCUT2D eigenvalue weighted by Gasteiger charge is -2.02. The molecule has 1 heterocycles. The minimum absolute atomic E-state index is 0.329. The van der Waals surface area contributed by atoms with Gasteiger partial charge < -0.3 is 4.98 Å². The number of H-pyrrole nitrogens is 2. The summed E-state index contributed by atoms with van der Waals surface area (Å²) in [6.07, 6.45) is 21.0. The molecule has 0 aliphatic rings. The van der Waals surface area contributed by atoms with Crippen molar-refractivity contribution in [2.75, 3.05) is 0 Å². The van der Waals surface area contributed by atoms with Crippen molar-refractivity contribution < 1.29 is 0 Å². The molecule has 0 aliphatic carbocycles. The molecule has 0 radical (unpaired) electrons. The van der Waals surface area contributed by atoms with Crippen molar-refractivity contribution in [2.24, 2.45) is 0 Å². The molecule has 146 valence electrons. The van der Waals surface area contributed by atoms with E-state index >= 15 is 0 Å². The maximum atomic E-state index is 11.5. The molecule has 1 aromatic heterocycles. The Morgan fingerprint density at radius 3 is 1.77 bits per heavy atom. The Labute approximate surface area is 158 Å². The van der Waals surface area contributed by atoms with Gasteiger partial charge in [0.05, 0.1) is 0 Å². The number of unbranched alkanes of at least 4 members (excludes halogenated alkanes) is 14. The second kappa shape index (κ2) is 15.5. The molecule has 4 heteroatoms. The van der Waals surface area contributed by atoms with Crippen molar-refractivity contribution >= 4 is 0 Å². The van der Waals surface area contributed by atoms with Crippen LogP contribution in [-0.4, -0.2) is 9.97 Å². The van der Waals surface area contributed by atoms with E-state index in [1.54, 1.807) is 0 Å². The summed E-state index contributed by atoms with van der Waals surface area (Å²) in [5.41, 5.74) is -0.579. The predicted octanol–water partition coefficient (Wildman–Crippen LogP) is 5.29. The third-order valence-corrected chi connectivity index (χ3v) is 4.70. The Hall–Kier alpha value is -1.76. The monoisotopic (exact) mass is 360 g/mol. The lowest BCUT2D eigenvalue weighted by molar-refractivity contribution is 0.536. The van der Waals surface area contributed by atoms with E-state index < -0.39 is 11.2 Å². The number of rotatable bonds is 14. The van der Waals surface area contributed by atoms with Crippen LogP contribution in [0, 0.1) is 11.8 Å². The molecule has 0 amide bonds. The van der Waals surface area contributed by atoms with Gasteiger partial charge in [-0.25, -0.2) is 4.79 Å². The van der Waals surface area contributed by atoms with Crippen LogP contribution in [-0.2, 0) is 0 Å². The fraction of sp³-hybridized carbons (Fsp3) is 0.727. The first-order chi connectivity index (χ1) is 12.7. The second-order valence-corrected chi connectivity index (χ2v) is 7.13. The third kappa shape index (κ3) is 11.7. The maximum absolute atomic E-state index is 11.5. The van der Waals surface area contributed by atoms with Gasteiger partial charge in [0.15, 0.2) is 0 Å². The summed E-state index contributed by atoms with van der Waals surface area (Å²) in [5, 5.41) is 0. The molecular weight excluding hydrogens is 324 g/mol. The molecule has 0 unspecified atom stereocenters. The summed E-state index contributed by atoms with van der Waals surface area (Å²) < 4.78 is 0. The first-order valence-electron chi connectivity index (χ1n) is 10.5. The number of hydrogen-bond acceptors (Lipinski definition) is 2. The van der Waals surface area contributed by atoms with Gasteiger partial charge >= 0.3 is 5.69 Å². The van der Waals surface area contributed by atoms with Crippen LogP contribution in [0.15, 0.2) is 15.8 Å². The standard InChI is InChI=1S/C22H36N2O2/c1-2-3-4-5-6-7-8-9-10-11-12-13-14-15-16-17-18-20-19-23-22(26)24-21(20)25/h19H,2-16H2,1H3,(H2,23,24,25,26). The molecule has 0 saturated carbocycles. The molecule has 0 aromatic carbocycles. The van der Waals surface area contributed by atoms with Crippen LogP contribution in [0.5, 0.6) is 0 Å². The van der Waals surface area contributed by atoms with Crippen molar-refractivity contribution in [1.82, 2.24) is 9.97 Å². The smallest absolute Gasteiger partial charge is 0.313 e. The van der Waals surface area contributed by atoms with E-state index in [1.807, 2.05) is 0 Å². The summed E-state index contributed by atoms with van der Waals surface area (Å²) in [5.74, 6) is 5.84. The number of aromatic nitrogens is 2. The van der Waals surface area contributed by atoms with Gasteiger partial charge in [0.25, 0.3) is 5.56 Å². The second-order valence-electron chi connectivity index (χ2n) is 7.13. The average molecular weight is 361 g/mol. The van der Waals surface area contributed by atoms with Gasteiger partial charge in [0.1, 0.15) is 5.56 Å². The fourth-order valence-corrected chi connectivity index (χ4v) is 3.07. The topological polar surface area (TPSA) is 65.7 Å². The molecule has 1 rings (SSSR count). The zero-order valence-corrected chi connectivity index (χ0v) is 16.5. The van der Waals surface area contributed by atoms with Crippen molar-refractivity contribution in [3.05, 3.63) is 32.6 Å². The van der Waals surface area contributed by atoms with E-state index in [1.165, 1.54) is 89.7 Å². The Morgan fingerprint density at radius 1 is 0.769 bits per heavy atom. The summed E-state index contributed by atoms with van der Waals surface area (Å²) in [6, 6.07) is 0. The van der Waals surface area contributed by atoms with E-state index in [2.05, 4.69) is 28.7 Å². The zero-order valence-electron chi connectivity index (χ0n) is 16.5. The molecule has 0 bridgehead atoms. The Bertz CT molecular complexity index is 634. The molecular formula is C22H36N2O2. The van der Waals surface area contributed by atoms with Crippen LogP contribution >= 0.6 is 0 Å². The van der Waals surface area contributed by atoms with E-state index in [-0.39, 0.29) is 0 Å².